The van der Waals surface area contributed by atoms with E-state index in [-0.39, 0.29) is 5.41 Å². The molecule has 2 aliphatic carbocycles. The first kappa shape index (κ1) is 37.2. The van der Waals surface area contributed by atoms with E-state index in [1.165, 1.54) is 52.6 Å². The molecule has 0 atom stereocenters. The quantitative estimate of drug-likeness (QED) is 0.161. The number of rotatable bonds is 7. The van der Waals surface area contributed by atoms with Crippen LogP contribution in [0.3, 0.4) is 0 Å². The average Bonchev–Trinajstić information content (AvgIpc) is 3.61. The predicted molar refractivity (Wildman–Crippen MR) is 250 cm³/mol. The van der Waals surface area contributed by atoms with E-state index >= 15 is 0 Å². The molecule has 294 valence electrons. The fraction of sp³-hybridized carbons (Fsp3) is 0.105. The first-order chi connectivity index (χ1) is 30.6. The molecule has 5 heteroatoms. The molecule has 7 aromatic carbocycles. The summed E-state index contributed by atoms with van der Waals surface area (Å²) < 4.78 is 0. The highest BCUT2D eigenvalue weighted by Crippen LogP contribution is 2.56. The van der Waals surface area contributed by atoms with Gasteiger partial charge in [0, 0.05) is 34.5 Å². The maximum Gasteiger partial charge on any atom is 0.164 e. The maximum atomic E-state index is 9.70. The van der Waals surface area contributed by atoms with Gasteiger partial charge in [-0.1, -0.05) is 159 Å². The SMILES string of the molecule is N#Cc1ccc2c(c1)-c1ccc(-c3ccc(-c4cccc(-c5cccc(-c6nc(-c7ccccc7)nc(-c7ccc(-c8cccnc8)cc7)n6)c5)c4)cc3)cc1C21CCCCC1. The number of pyridine rings is 1. The van der Waals surface area contributed by atoms with Gasteiger partial charge in [0.1, 0.15) is 0 Å². The zero-order valence-corrected chi connectivity index (χ0v) is 34.2. The van der Waals surface area contributed by atoms with Crippen LogP contribution in [0.2, 0.25) is 0 Å². The van der Waals surface area contributed by atoms with Gasteiger partial charge in [-0.05, 0) is 116 Å². The lowest BCUT2D eigenvalue weighted by molar-refractivity contribution is 0.353. The average molecular weight is 796 g/mol. The van der Waals surface area contributed by atoms with Crippen molar-refractivity contribution >= 4 is 0 Å². The first-order valence-electron chi connectivity index (χ1n) is 21.5. The summed E-state index contributed by atoms with van der Waals surface area (Å²) in [7, 11) is 0. The van der Waals surface area contributed by atoms with Gasteiger partial charge in [-0.25, -0.2) is 15.0 Å². The Kier molecular flexibility index (Phi) is 9.40. The second-order valence-electron chi connectivity index (χ2n) is 16.5. The van der Waals surface area contributed by atoms with E-state index in [4.69, 9.17) is 15.0 Å². The molecule has 62 heavy (non-hydrogen) atoms. The molecule has 9 aromatic rings. The molecule has 1 saturated carbocycles. The van der Waals surface area contributed by atoms with Crippen LogP contribution in [0.4, 0.5) is 0 Å². The normalized spacial score (nSPS) is 13.6. The standard InChI is InChI=1S/C57H41N5/c58-36-38-17-28-52-51(32-38)50-27-26-47(35-53(50)57(52)29-5-2-6-30-57)40-20-18-39(19-21-40)44-12-7-13-45(33-44)46-14-8-15-48(34-46)56-61-54(42-10-3-1-4-11-42)60-55(62-56)43-24-22-41(23-25-43)49-16-9-31-59-37-49/h1,3-4,7-28,31-35,37H,2,5-6,29-30H2. The number of aromatic nitrogens is 4. The van der Waals surface area contributed by atoms with Gasteiger partial charge in [0.25, 0.3) is 0 Å². The third-order valence-electron chi connectivity index (χ3n) is 12.9. The molecule has 0 saturated heterocycles. The molecule has 0 N–H and O–H groups in total. The summed E-state index contributed by atoms with van der Waals surface area (Å²) in [5.41, 5.74) is 18.0. The lowest BCUT2D eigenvalue weighted by Gasteiger charge is -2.36. The van der Waals surface area contributed by atoms with Crippen LogP contribution >= 0.6 is 0 Å². The Hall–Kier alpha value is -7.81. The van der Waals surface area contributed by atoms with Gasteiger partial charge in [0.15, 0.2) is 17.5 Å². The van der Waals surface area contributed by atoms with Crippen LogP contribution in [0.1, 0.15) is 48.8 Å². The van der Waals surface area contributed by atoms with Crippen LogP contribution < -0.4 is 0 Å². The van der Waals surface area contributed by atoms with Crippen molar-refractivity contribution in [3.05, 3.63) is 205 Å². The molecular weight excluding hydrogens is 755 g/mol. The summed E-state index contributed by atoms with van der Waals surface area (Å²) >= 11 is 0. The highest BCUT2D eigenvalue weighted by atomic mass is 15.0. The minimum absolute atomic E-state index is 0.0357. The molecule has 0 bridgehead atoms. The summed E-state index contributed by atoms with van der Waals surface area (Å²) in [5, 5.41) is 9.70. The lowest BCUT2D eigenvalue weighted by Crippen LogP contribution is -2.28. The Morgan fingerprint density at radius 1 is 0.387 bits per heavy atom. The molecule has 0 amide bonds. The van der Waals surface area contributed by atoms with E-state index in [1.54, 1.807) is 6.20 Å². The Morgan fingerprint density at radius 3 is 1.55 bits per heavy atom. The van der Waals surface area contributed by atoms with Crippen molar-refractivity contribution in [2.45, 2.75) is 37.5 Å². The summed E-state index contributed by atoms with van der Waals surface area (Å²) in [5.74, 6) is 1.87. The number of fused-ring (bicyclic) bond motifs is 5. The van der Waals surface area contributed by atoms with Crippen molar-refractivity contribution in [2.24, 2.45) is 0 Å². The van der Waals surface area contributed by atoms with Gasteiger partial charge in [-0.2, -0.15) is 5.26 Å². The van der Waals surface area contributed by atoms with Crippen molar-refractivity contribution in [3.8, 4) is 95.9 Å². The number of hydrogen-bond donors (Lipinski definition) is 0. The Morgan fingerprint density at radius 2 is 0.903 bits per heavy atom. The van der Waals surface area contributed by atoms with Crippen LogP contribution in [0, 0.1) is 11.3 Å². The van der Waals surface area contributed by atoms with Gasteiger partial charge in [-0.3, -0.25) is 4.98 Å². The van der Waals surface area contributed by atoms with E-state index in [0.717, 1.165) is 68.5 Å². The topological polar surface area (TPSA) is 75.3 Å². The molecular formula is C57H41N5. The number of nitrogens with zero attached hydrogens (tertiary/aromatic N) is 5. The Bertz CT molecular complexity index is 3140. The van der Waals surface area contributed by atoms with Crippen molar-refractivity contribution < 1.29 is 0 Å². The zero-order chi connectivity index (χ0) is 41.5. The van der Waals surface area contributed by atoms with Crippen LogP contribution in [0.25, 0.3) is 89.8 Å². The van der Waals surface area contributed by atoms with Crippen LogP contribution in [-0.4, -0.2) is 19.9 Å². The van der Waals surface area contributed by atoms with Gasteiger partial charge in [0.2, 0.25) is 0 Å². The third-order valence-corrected chi connectivity index (χ3v) is 12.9. The highest BCUT2D eigenvalue weighted by molar-refractivity contribution is 5.85. The molecule has 1 spiro atoms. The second kappa shape index (κ2) is 15.7. The smallest absolute Gasteiger partial charge is 0.164 e. The van der Waals surface area contributed by atoms with Gasteiger partial charge in [-0.15, -0.1) is 0 Å². The first-order valence-corrected chi connectivity index (χ1v) is 21.5. The third kappa shape index (κ3) is 6.76. The predicted octanol–water partition coefficient (Wildman–Crippen LogP) is 14.0. The minimum atomic E-state index is 0.0357. The van der Waals surface area contributed by atoms with Gasteiger partial charge in [0.05, 0.1) is 11.6 Å². The summed E-state index contributed by atoms with van der Waals surface area (Å²) in [4.78, 5) is 19.3. The van der Waals surface area contributed by atoms with E-state index in [2.05, 4.69) is 145 Å². The van der Waals surface area contributed by atoms with E-state index in [9.17, 15) is 5.26 Å². The lowest BCUT2D eigenvalue weighted by atomic mass is 9.67. The van der Waals surface area contributed by atoms with Crippen LogP contribution in [0.15, 0.2) is 188 Å². The highest BCUT2D eigenvalue weighted by Gasteiger charge is 2.43. The van der Waals surface area contributed by atoms with Gasteiger partial charge < -0.3 is 0 Å². The Balaban J connectivity index is 0.894. The minimum Gasteiger partial charge on any atom is -0.264 e. The fourth-order valence-electron chi connectivity index (χ4n) is 9.71. The molecule has 11 rings (SSSR count). The summed E-state index contributed by atoms with van der Waals surface area (Å²) in [6.07, 6.45) is 9.74. The maximum absolute atomic E-state index is 9.70. The monoisotopic (exact) mass is 795 g/mol. The van der Waals surface area contributed by atoms with Crippen molar-refractivity contribution in [2.75, 3.05) is 0 Å². The molecule has 5 nitrogen and oxygen atoms in total. The summed E-state index contributed by atoms with van der Waals surface area (Å²) in [6, 6.07) is 64.3. The second-order valence-corrected chi connectivity index (χ2v) is 16.5. The largest absolute Gasteiger partial charge is 0.264 e. The van der Waals surface area contributed by atoms with E-state index in [1.807, 2.05) is 48.7 Å². The van der Waals surface area contributed by atoms with Crippen molar-refractivity contribution in [3.63, 3.8) is 0 Å². The summed E-state index contributed by atoms with van der Waals surface area (Å²) in [6.45, 7) is 0. The van der Waals surface area contributed by atoms with Crippen molar-refractivity contribution in [1.29, 1.82) is 5.26 Å². The number of hydrogen-bond acceptors (Lipinski definition) is 5. The van der Waals surface area contributed by atoms with E-state index in [0.29, 0.717) is 17.5 Å². The molecule has 2 aliphatic rings. The molecule has 2 heterocycles. The molecule has 0 aliphatic heterocycles. The zero-order valence-electron chi connectivity index (χ0n) is 34.2. The Labute approximate surface area is 362 Å². The molecule has 1 fully saturated rings. The molecule has 2 aromatic heterocycles. The van der Waals surface area contributed by atoms with Crippen LogP contribution in [-0.2, 0) is 5.41 Å². The number of nitriles is 1. The molecule has 0 unspecified atom stereocenters. The fourth-order valence-corrected chi connectivity index (χ4v) is 9.71. The van der Waals surface area contributed by atoms with Gasteiger partial charge >= 0.3 is 0 Å². The molecule has 0 radical (unpaired) electrons. The van der Waals surface area contributed by atoms with Crippen LogP contribution in [0.5, 0.6) is 0 Å². The van der Waals surface area contributed by atoms with Crippen molar-refractivity contribution in [1.82, 2.24) is 19.9 Å². The number of benzene rings is 7. The van der Waals surface area contributed by atoms with E-state index < -0.39 is 0 Å².